The van der Waals surface area contributed by atoms with E-state index >= 15 is 0 Å². The molecule has 1 amide bonds. The molecule has 2 aliphatic heterocycles. The molecule has 5 heteroatoms. The average molecular weight is 277 g/mol. The largest absolute Gasteiger partial charge is 0.368 e. The lowest BCUT2D eigenvalue weighted by Crippen LogP contribution is -2.43. The third-order valence-corrected chi connectivity index (χ3v) is 4.47. The predicted octanol–water partition coefficient (Wildman–Crippen LogP) is 1.79. The van der Waals surface area contributed by atoms with Crippen LogP contribution in [-0.2, 0) is 16.1 Å². The molecule has 20 heavy (non-hydrogen) atoms. The Morgan fingerprint density at radius 2 is 2.20 bits per heavy atom. The van der Waals surface area contributed by atoms with Crippen molar-refractivity contribution < 1.29 is 9.53 Å². The minimum Gasteiger partial charge on any atom is -0.368 e. The summed E-state index contributed by atoms with van der Waals surface area (Å²) < 4.78 is 7.71. The van der Waals surface area contributed by atoms with Crippen LogP contribution in [0.3, 0.4) is 0 Å². The van der Waals surface area contributed by atoms with E-state index in [0.717, 1.165) is 51.9 Å². The molecule has 0 aliphatic carbocycles. The number of nitrogens with zero attached hydrogens (tertiary/aromatic N) is 3. The zero-order valence-corrected chi connectivity index (χ0v) is 12.1. The maximum Gasteiger partial charge on any atom is 0.251 e. The van der Waals surface area contributed by atoms with Gasteiger partial charge in [-0.3, -0.25) is 4.79 Å². The number of hydrogen-bond acceptors (Lipinski definition) is 3. The topological polar surface area (TPSA) is 47.4 Å². The fourth-order valence-electron chi connectivity index (χ4n) is 3.28. The third-order valence-electron chi connectivity index (χ3n) is 4.47. The number of aryl methyl sites for hydroxylation is 1. The first-order chi connectivity index (χ1) is 9.79. The second kappa shape index (κ2) is 5.95. The van der Waals surface area contributed by atoms with Gasteiger partial charge < -0.3 is 14.2 Å². The van der Waals surface area contributed by atoms with Gasteiger partial charge in [0.05, 0.1) is 0 Å². The van der Waals surface area contributed by atoms with Gasteiger partial charge in [-0.05, 0) is 32.6 Å². The highest BCUT2D eigenvalue weighted by Gasteiger charge is 2.32. The summed E-state index contributed by atoms with van der Waals surface area (Å²) in [6.07, 6.45) is 7.66. The molecular formula is C15H23N3O2. The van der Waals surface area contributed by atoms with Gasteiger partial charge in [0.25, 0.3) is 5.91 Å². The lowest BCUT2D eigenvalue weighted by molar-refractivity contribution is -0.142. The van der Waals surface area contributed by atoms with Crippen molar-refractivity contribution in [2.24, 2.45) is 0 Å². The van der Waals surface area contributed by atoms with Crippen LogP contribution in [0.1, 0.15) is 44.3 Å². The summed E-state index contributed by atoms with van der Waals surface area (Å²) in [6.45, 7) is 5.51. The molecule has 1 atom stereocenters. The molecule has 1 unspecified atom stereocenters. The molecule has 0 N–H and O–H groups in total. The maximum atomic E-state index is 12.3. The third kappa shape index (κ3) is 2.59. The first-order valence-electron chi connectivity index (χ1n) is 7.71. The molecule has 2 fully saturated rings. The van der Waals surface area contributed by atoms with Gasteiger partial charge >= 0.3 is 0 Å². The first kappa shape index (κ1) is 13.6. The number of imidazole rings is 1. The van der Waals surface area contributed by atoms with Gasteiger partial charge in [-0.25, -0.2) is 4.98 Å². The molecule has 5 nitrogen and oxygen atoms in total. The normalized spacial score (nSPS) is 24.2. The number of ether oxygens (including phenoxy) is 1. The molecule has 3 rings (SSSR count). The highest BCUT2D eigenvalue weighted by molar-refractivity contribution is 5.81. The summed E-state index contributed by atoms with van der Waals surface area (Å²) in [7, 11) is 0. The Labute approximate surface area is 119 Å². The van der Waals surface area contributed by atoms with E-state index in [4.69, 9.17) is 4.74 Å². The highest BCUT2D eigenvalue weighted by atomic mass is 16.5. The molecule has 0 radical (unpaired) electrons. The van der Waals surface area contributed by atoms with Gasteiger partial charge in [-0.15, -0.1) is 0 Å². The quantitative estimate of drug-likeness (QED) is 0.846. The van der Waals surface area contributed by atoms with E-state index in [1.54, 1.807) is 0 Å². The van der Waals surface area contributed by atoms with Gasteiger partial charge in [-0.1, -0.05) is 0 Å². The number of rotatable bonds is 3. The van der Waals surface area contributed by atoms with Crippen LogP contribution in [0.4, 0.5) is 0 Å². The summed E-state index contributed by atoms with van der Waals surface area (Å²) in [4.78, 5) is 18.8. The maximum absolute atomic E-state index is 12.3. The van der Waals surface area contributed by atoms with Gasteiger partial charge in [0.15, 0.2) is 0 Å². The molecule has 0 saturated carbocycles. The van der Waals surface area contributed by atoms with Crippen molar-refractivity contribution in [2.45, 2.75) is 51.2 Å². The van der Waals surface area contributed by atoms with Crippen LogP contribution in [-0.4, -0.2) is 46.2 Å². The predicted molar refractivity (Wildman–Crippen MR) is 75.4 cm³/mol. The van der Waals surface area contributed by atoms with Crippen molar-refractivity contribution in [2.75, 3.05) is 19.7 Å². The molecule has 110 valence electrons. The number of piperidine rings is 1. The number of carbonyl (C=O) groups excluding carboxylic acids is 1. The van der Waals surface area contributed by atoms with E-state index in [0.29, 0.717) is 5.92 Å². The molecule has 2 aliphatic rings. The minimum absolute atomic E-state index is 0.177. The standard InChI is InChI=1S/C15H23N3O2/c1-2-17-10-7-16-14(17)12-5-8-18(9-6-12)15(19)13-4-3-11-20-13/h7,10,12-13H,2-6,8-9,11H2,1H3. The Morgan fingerprint density at radius 3 is 2.85 bits per heavy atom. The zero-order valence-electron chi connectivity index (χ0n) is 12.1. The van der Waals surface area contributed by atoms with Gasteiger partial charge in [0, 0.05) is 44.6 Å². The van der Waals surface area contributed by atoms with Crippen molar-refractivity contribution in [3.05, 3.63) is 18.2 Å². The second-order valence-corrected chi connectivity index (χ2v) is 5.67. The zero-order chi connectivity index (χ0) is 13.9. The van der Waals surface area contributed by atoms with Crippen LogP contribution in [0.5, 0.6) is 0 Å². The van der Waals surface area contributed by atoms with E-state index in [1.807, 2.05) is 17.3 Å². The van der Waals surface area contributed by atoms with E-state index in [-0.39, 0.29) is 12.0 Å². The van der Waals surface area contributed by atoms with Crippen molar-refractivity contribution in [3.63, 3.8) is 0 Å². The van der Waals surface area contributed by atoms with Crippen LogP contribution in [0.2, 0.25) is 0 Å². The lowest BCUT2D eigenvalue weighted by Gasteiger charge is -2.33. The van der Waals surface area contributed by atoms with E-state index in [2.05, 4.69) is 16.5 Å². The van der Waals surface area contributed by atoms with Gasteiger partial charge in [-0.2, -0.15) is 0 Å². The number of hydrogen-bond donors (Lipinski definition) is 0. The smallest absolute Gasteiger partial charge is 0.251 e. The number of likely N-dealkylation sites (tertiary alicyclic amines) is 1. The van der Waals surface area contributed by atoms with Gasteiger partial charge in [0.2, 0.25) is 0 Å². The highest BCUT2D eigenvalue weighted by Crippen LogP contribution is 2.28. The lowest BCUT2D eigenvalue weighted by atomic mass is 9.95. The average Bonchev–Trinajstić information content (AvgIpc) is 3.17. The number of carbonyl (C=O) groups is 1. The van der Waals surface area contributed by atoms with Crippen molar-refractivity contribution in [1.82, 2.24) is 14.5 Å². The number of aromatic nitrogens is 2. The number of amides is 1. The summed E-state index contributed by atoms with van der Waals surface area (Å²) >= 11 is 0. The molecular weight excluding hydrogens is 254 g/mol. The van der Waals surface area contributed by atoms with Crippen molar-refractivity contribution in [3.8, 4) is 0 Å². The Kier molecular flexibility index (Phi) is 4.05. The Morgan fingerprint density at radius 1 is 1.40 bits per heavy atom. The Balaban J connectivity index is 1.58. The Hall–Kier alpha value is -1.36. The molecule has 2 saturated heterocycles. The SMILES string of the molecule is CCn1ccnc1C1CCN(C(=O)C2CCCO2)CC1. The minimum atomic E-state index is -0.177. The summed E-state index contributed by atoms with van der Waals surface area (Å²) in [5.41, 5.74) is 0. The summed E-state index contributed by atoms with van der Waals surface area (Å²) in [5.74, 6) is 1.86. The fourth-order valence-corrected chi connectivity index (χ4v) is 3.28. The molecule has 0 bridgehead atoms. The van der Waals surface area contributed by atoms with Crippen molar-refractivity contribution in [1.29, 1.82) is 0 Å². The van der Waals surface area contributed by atoms with E-state index in [9.17, 15) is 4.79 Å². The van der Waals surface area contributed by atoms with E-state index < -0.39 is 0 Å². The molecule has 3 heterocycles. The van der Waals surface area contributed by atoms with Gasteiger partial charge in [0.1, 0.15) is 11.9 Å². The molecule has 1 aromatic heterocycles. The van der Waals surface area contributed by atoms with Crippen LogP contribution < -0.4 is 0 Å². The summed E-state index contributed by atoms with van der Waals surface area (Å²) in [6, 6.07) is 0. The van der Waals surface area contributed by atoms with Crippen LogP contribution in [0.15, 0.2) is 12.4 Å². The van der Waals surface area contributed by atoms with Crippen LogP contribution in [0.25, 0.3) is 0 Å². The van der Waals surface area contributed by atoms with E-state index in [1.165, 1.54) is 5.82 Å². The summed E-state index contributed by atoms with van der Waals surface area (Å²) in [5, 5.41) is 0. The monoisotopic (exact) mass is 277 g/mol. The molecule has 0 spiro atoms. The van der Waals surface area contributed by atoms with Crippen LogP contribution >= 0.6 is 0 Å². The van der Waals surface area contributed by atoms with Crippen LogP contribution in [0, 0.1) is 0 Å². The Bertz CT molecular complexity index is 457. The first-order valence-corrected chi connectivity index (χ1v) is 7.71. The molecule has 1 aromatic rings. The van der Waals surface area contributed by atoms with Crippen molar-refractivity contribution >= 4 is 5.91 Å². The second-order valence-electron chi connectivity index (χ2n) is 5.67. The molecule has 0 aromatic carbocycles. The fraction of sp³-hybridized carbons (Fsp3) is 0.733.